The molecule has 15 heavy (non-hydrogen) atoms. The van der Waals surface area contributed by atoms with Gasteiger partial charge in [0.2, 0.25) is 0 Å². The maximum atomic E-state index is 5.73. The fraction of sp³-hybridized carbons (Fsp3) is 0.500. The molecule has 1 aromatic carbocycles. The second kappa shape index (κ2) is 7.60. The molecular weight excluding hydrogens is 204 g/mol. The molecule has 0 amide bonds. The topological polar surface area (TPSA) is 38.0 Å². The van der Waals surface area contributed by atoms with Gasteiger partial charge in [0, 0.05) is 18.3 Å². The molecule has 0 bridgehead atoms. The number of anilines is 1. The van der Waals surface area contributed by atoms with Crippen LogP contribution in [0, 0.1) is 0 Å². The van der Waals surface area contributed by atoms with Gasteiger partial charge in [0.15, 0.2) is 0 Å². The first kappa shape index (κ1) is 12.4. The van der Waals surface area contributed by atoms with Gasteiger partial charge in [0.1, 0.15) is 0 Å². The largest absolute Gasteiger partial charge is 0.381 e. The van der Waals surface area contributed by atoms with Crippen molar-refractivity contribution in [2.45, 2.75) is 18.9 Å². The van der Waals surface area contributed by atoms with Gasteiger partial charge in [-0.05, 0) is 37.0 Å². The van der Waals surface area contributed by atoms with Crippen LogP contribution in [0.25, 0.3) is 0 Å². The van der Waals surface area contributed by atoms with Crippen LogP contribution in [-0.4, -0.2) is 24.6 Å². The minimum Gasteiger partial charge on any atom is -0.381 e. The number of para-hydroxylation sites is 1. The number of nitrogens with one attached hydrogen (secondary N) is 1. The van der Waals surface area contributed by atoms with E-state index >= 15 is 0 Å². The number of hydrogen-bond acceptors (Lipinski definition) is 3. The van der Waals surface area contributed by atoms with Crippen molar-refractivity contribution < 1.29 is 0 Å². The summed E-state index contributed by atoms with van der Waals surface area (Å²) in [6.45, 7) is 0.698. The smallest absolute Gasteiger partial charge is 0.0384 e. The number of hydrogen-bond donors (Lipinski definition) is 2. The van der Waals surface area contributed by atoms with Gasteiger partial charge in [-0.25, -0.2) is 0 Å². The Hall–Kier alpha value is -0.670. The lowest BCUT2D eigenvalue weighted by molar-refractivity contribution is 0.652. The molecule has 0 saturated heterocycles. The molecule has 0 spiro atoms. The van der Waals surface area contributed by atoms with Crippen LogP contribution in [-0.2, 0) is 0 Å². The summed E-state index contributed by atoms with van der Waals surface area (Å²) in [6.07, 6.45) is 4.51. The molecule has 1 rings (SSSR count). The molecule has 0 aliphatic heterocycles. The summed E-state index contributed by atoms with van der Waals surface area (Å²) in [5.41, 5.74) is 6.90. The van der Waals surface area contributed by atoms with Crippen LogP contribution in [0.15, 0.2) is 30.3 Å². The van der Waals surface area contributed by atoms with Crippen LogP contribution in [0.1, 0.15) is 12.8 Å². The van der Waals surface area contributed by atoms with Crippen LogP contribution in [0.5, 0.6) is 0 Å². The molecule has 0 fully saturated rings. The second-order valence-electron chi connectivity index (χ2n) is 3.58. The molecule has 0 heterocycles. The first-order valence-corrected chi connectivity index (χ1v) is 6.76. The minimum atomic E-state index is 0.402. The van der Waals surface area contributed by atoms with Crippen molar-refractivity contribution in [3.63, 3.8) is 0 Å². The summed E-state index contributed by atoms with van der Waals surface area (Å²) in [7, 11) is 0. The van der Waals surface area contributed by atoms with E-state index < -0.39 is 0 Å². The Morgan fingerprint density at radius 1 is 1.33 bits per heavy atom. The van der Waals surface area contributed by atoms with E-state index in [4.69, 9.17) is 5.73 Å². The number of rotatable bonds is 7. The Labute approximate surface area is 96.6 Å². The zero-order valence-corrected chi connectivity index (χ0v) is 10.1. The summed E-state index contributed by atoms with van der Waals surface area (Å²) < 4.78 is 0. The lowest BCUT2D eigenvalue weighted by Gasteiger charge is -2.17. The third kappa shape index (κ3) is 5.09. The van der Waals surface area contributed by atoms with Crippen molar-refractivity contribution in [1.29, 1.82) is 0 Å². The number of nitrogens with two attached hydrogens (primary N) is 1. The highest BCUT2D eigenvalue weighted by atomic mass is 32.2. The number of thioether (sulfide) groups is 1. The Balaban J connectivity index is 2.33. The van der Waals surface area contributed by atoms with E-state index in [0.717, 1.165) is 12.1 Å². The standard InChI is InChI=1S/C12H20N2S/c1-15-9-5-8-12(10-13)14-11-6-3-2-4-7-11/h2-4,6-7,12,14H,5,8-10,13H2,1H3. The van der Waals surface area contributed by atoms with Crippen molar-refractivity contribution in [2.75, 3.05) is 23.9 Å². The average molecular weight is 224 g/mol. The van der Waals surface area contributed by atoms with Gasteiger partial charge in [-0.15, -0.1) is 0 Å². The second-order valence-corrected chi connectivity index (χ2v) is 4.56. The first-order valence-electron chi connectivity index (χ1n) is 5.37. The van der Waals surface area contributed by atoms with E-state index in [1.54, 1.807) is 0 Å². The molecule has 0 aliphatic carbocycles. The van der Waals surface area contributed by atoms with Gasteiger partial charge in [-0.3, -0.25) is 0 Å². The van der Waals surface area contributed by atoms with Gasteiger partial charge < -0.3 is 11.1 Å². The molecule has 2 nitrogen and oxygen atoms in total. The van der Waals surface area contributed by atoms with E-state index in [0.29, 0.717) is 12.6 Å². The van der Waals surface area contributed by atoms with E-state index in [-0.39, 0.29) is 0 Å². The van der Waals surface area contributed by atoms with E-state index in [2.05, 4.69) is 23.7 Å². The van der Waals surface area contributed by atoms with Gasteiger partial charge in [0.25, 0.3) is 0 Å². The molecule has 0 radical (unpaired) electrons. The molecule has 3 N–H and O–H groups in total. The monoisotopic (exact) mass is 224 g/mol. The fourth-order valence-corrected chi connectivity index (χ4v) is 1.95. The highest BCUT2D eigenvalue weighted by Crippen LogP contribution is 2.10. The van der Waals surface area contributed by atoms with Gasteiger partial charge in [-0.1, -0.05) is 18.2 Å². The van der Waals surface area contributed by atoms with Gasteiger partial charge in [-0.2, -0.15) is 11.8 Å². The van der Waals surface area contributed by atoms with Crippen molar-refractivity contribution >= 4 is 17.4 Å². The zero-order chi connectivity index (χ0) is 10.9. The Morgan fingerprint density at radius 3 is 2.67 bits per heavy atom. The summed E-state index contributed by atoms with van der Waals surface area (Å²) in [5, 5.41) is 3.45. The molecule has 1 aromatic rings. The van der Waals surface area contributed by atoms with Crippen molar-refractivity contribution in [2.24, 2.45) is 5.73 Å². The maximum Gasteiger partial charge on any atom is 0.0384 e. The number of benzene rings is 1. The van der Waals surface area contributed by atoms with Gasteiger partial charge >= 0.3 is 0 Å². The van der Waals surface area contributed by atoms with Crippen LogP contribution in [0.2, 0.25) is 0 Å². The summed E-state index contributed by atoms with van der Waals surface area (Å²) in [4.78, 5) is 0. The molecule has 0 aliphatic rings. The quantitative estimate of drug-likeness (QED) is 0.699. The molecule has 1 unspecified atom stereocenters. The minimum absolute atomic E-state index is 0.402. The Morgan fingerprint density at radius 2 is 2.07 bits per heavy atom. The molecule has 84 valence electrons. The summed E-state index contributed by atoms with van der Waals surface area (Å²) >= 11 is 1.89. The predicted molar refractivity (Wildman–Crippen MR) is 70.5 cm³/mol. The molecule has 1 atom stereocenters. The third-order valence-corrected chi connectivity index (χ3v) is 3.03. The fourth-order valence-electron chi connectivity index (χ4n) is 1.49. The Bertz CT molecular complexity index is 251. The summed E-state index contributed by atoms with van der Waals surface area (Å²) in [6, 6.07) is 10.7. The first-order chi connectivity index (χ1) is 7.36. The van der Waals surface area contributed by atoms with E-state index in [1.807, 2.05) is 30.0 Å². The van der Waals surface area contributed by atoms with Gasteiger partial charge in [0.05, 0.1) is 0 Å². The molecular formula is C12H20N2S. The van der Waals surface area contributed by atoms with E-state index in [9.17, 15) is 0 Å². The van der Waals surface area contributed by atoms with Crippen LogP contribution >= 0.6 is 11.8 Å². The van der Waals surface area contributed by atoms with E-state index in [1.165, 1.54) is 12.2 Å². The SMILES string of the molecule is CSCCCC(CN)Nc1ccccc1. The third-order valence-electron chi connectivity index (χ3n) is 2.33. The average Bonchev–Trinajstić information content (AvgIpc) is 2.29. The highest BCUT2D eigenvalue weighted by Gasteiger charge is 2.05. The lowest BCUT2D eigenvalue weighted by atomic mass is 10.1. The van der Waals surface area contributed by atoms with Crippen molar-refractivity contribution in [3.05, 3.63) is 30.3 Å². The van der Waals surface area contributed by atoms with Crippen molar-refractivity contribution in [1.82, 2.24) is 0 Å². The van der Waals surface area contributed by atoms with Crippen molar-refractivity contribution in [3.8, 4) is 0 Å². The van der Waals surface area contributed by atoms with Crippen LogP contribution in [0.3, 0.4) is 0 Å². The Kier molecular flexibility index (Phi) is 6.28. The maximum absolute atomic E-state index is 5.73. The summed E-state index contributed by atoms with van der Waals surface area (Å²) in [5.74, 6) is 1.22. The zero-order valence-electron chi connectivity index (χ0n) is 9.28. The normalized spacial score (nSPS) is 12.4. The predicted octanol–water partition coefficient (Wildman–Crippen LogP) is 2.57. The van der Waals surface area contributed by atoms with Crippen LogP contribution in [0.4, 0.5) is 5.69 Å². The van der Waals surface area contributed by atoms with Crippen LogP contribution < -0.4 is 11.1 Å². The molecule has 0 aromatic heterocycles. The molecule has 3 heteroatoms. The highest BCUT2D eigenvalue weighted by molar-refractivity contribution is 7.98. The lowest BCUT2D eigenvalue weighted by Crippen LogP contribution is -2.28. The molecule has 0 saturated carbocycles.